The number of aromatic nitrogens is 4. The normalized spacial score (nSPS) is 17.5. The van der Waals surface area contributed by atoms with E-state index in [9.17, 15) is 4.79 Å². The standard InChI is InChI=1S/C17H22N4O4/c1-11-12(17(22)23-3)7-8-13(18-11)16-14(21(2)20-19-16)10-25-15-6-4-5-9-24-15/h7-8,15H,4-6,9-10H2,1-3H3. The van der Waals surface area contributed by atoms with Gasteiger partial charge < -0.3 is 14.2 Å². The van der Waals surface area contributed by atoms with Gasteiger partial charge in [0.25, 0.3) is 0 Å². The molecule has 134 valence electrons. The number of nitrogens with zero attached hydrogens (tertiary/aromatic N) is 4. The predicted octanol–water partition coefficient (Wildman–Crippen LogP) is 2.02. The van der Waals surface area contributed by atoms with E-state index in [1.807, 2.05) is 7.05 Å². The topological polar surface area (TPSA) is 88.4 Å². The van der Waals surface area contributed by atoms with Crippen LogP contribution in [0.5, 0.6) is 0 Å². The summed E-state index contributed by atoms with van der Waals surface area (Å²) in [5.74, 6) is -0.409. The lowest BCUT2D eigenvalue weighted by Crippen LogP contribution is -2.22. The second-order valence-electron chi connectivity index (χ2n) is 5.94. The van der Waals surface area contributed by atoms with Gasteiger partial charge in [-0.1, -0.05) is 5.21 Å². The van der Waals surface area contributed by atoms with E-state index in [0.717, 1.165) is 31.6 Å². The fourth-order valence-corrected chi connectivity index (χ4v) is 2.77. The molecule has 1 unspecified atom stereocenters. The first-order valence-corrected chi connectivity index (χ1v) is 8.28. The smallest absolute Gasteiger partial charge is 0.339 e. The molecule has 2 aromatic heterocycles. The van der Waals surface area contributed by atoms with Gasteiger partial charge in [0, 0.05) is 13.7 Å². The zero-order chi connectivity index (χ0) is 17.8. The molecule has 8 heteroatoms. The van der Waals surface area contributed by atoms with Gasteiger partial charge in [0.15, 0.2) is 6.29 Å². The molecule has 3 rings (SSSR count). The number of carbonyl (C=O) groups is 1. The number of methoxy groups -OCH3 is 1. The van der Waals surface area contributed by atoms with Gasteiger partial charge in [0.2, 0.25) is 0 Å². The number of hydrogen-bond acceptors (Lipinski definition) is 7. The summed E-state index contributed by atoms with van der Waals surface area (Å²) in [7, 11) is 3.16. The van der Waals surface area contributed by atoms with Gasteiger partial charge in [-0.3, -0.25) is 4.98 Å². The molecule has 0 saturated carbocycles. The fraction of sp³-hybridized carbons (Fsp3) is 0.529. The van der Waals surface area contributed by atoms with Crippen LogP contribution in [0.1, 0.15) is 41.0 Å². The Hall–Kier alpha value is -2.32. The highest BCUT2D eigenvalue weighted by Crippen LogP contribution is 2.23. The summed E-state index contributed by atoms with van der Waals surface area (Å²) in [4.78, 5) is 16.2. The van der Waals surface area contributed by atoms with Crippen molar-refractivity contribution < 1.29 is 19.0 Å². The third-order valence-electron chi connectivity index (χ3n) is 4.22. The van der Waals surface area contributed by atoms with Crippen molar-refractivity contribution in [3.8, 4) is 11.4 Å². The van der Waals surface area contributed by atoms with E-state index < -0.39 is 5.97 Å². The Morgan fingerprint density at radius 3 is 2.92 bits per heavy atom. The minimum atomic E-state index is -0.409. The average molecular weight is 346 g/mol. The molecule has 0 spiro atoms. The van der Waals surface area contributed by atoms with Crippen molar-refractivity contribution >= 4 is 5.97 Å². The van der Waals surface area contributed by atoms with Gasteiger partial charge in [0.05, 0.1) is 36.4 Å². The van der Waals surface area contributed by atoms with E-state index in [4.69, 9.17) is 14.2 Å². The highest BCUT2D eigenvalue weighted by Gasteiger charge is 2.20. The maximum atomic E-state index is 11.7. The molecule has 25 heavy (non-hydrogen) atoms. The lowest BCUT2D eigenvalue weighted by molar-refractivity contribution is -0.169. The summed E-state index contributed by atoms with van der Waals surface area (Å²) >= 11 is 0. The zero-order valence-corrected chi connectivity index (χ0v) is 14.7. The fourth-order valence-electron chi connectivity index (χ4n) is 2.77. The number of rotatable bonds is 5. The predicted molar refractivity (Wildman–Crippen MR) is 88.7 cm³/mol. The summed E-state index contributed by atoms with van der Waals surface area (Å²) in [6.45, 7) is 2.83. The third-order valence-corrected chi connectivity index (χ3v) is 4.22. The van der Waals surface area contributed by atoms with Crippen molar-refractivity contribution in [1.29, 1.82) is 0 Å². The molecule has 1 saturated heterocycles. The highest BCUT2D eigenvalue weighted by molar-refractivity contribution is 5.90. The number of ether oxygens (including phenoxy) is 3. The summed E-state index contributed by atoms with van der Waals surface area (Å²) in [5.41, 5.74) is 3.10. The third kappa shape index (κ3) is 3.85. The first kappa shape index (κ1) is 17.5. The van der Waals surface area contributed by atoms with E-state index in [1.54, 1.807) is 23.7 Å². The van der Waals surface area contributed by atoms with Gasteiger partial charge in [-0.25, -0.2) is 9.48 Å². The van der Waals surface area contributed by atoms with Crippen LogP contribution >= 0.6 is 0 Å². The van der Waals surface area contributed by atoms with Crippen LogP contribution < -0.4 is 0 Å². The van der Waals surface area contributed by atoms with Crippen LogP contribution in [-0.4, -0.2) is 46.0 Å². The lowest BCUT2D eigenvalue weighted by atomic mass is 10.1. The van der Waals surface area contributed by atoms with Crippen LogP contribution in [0.25, 0.3) is 11.4 Å². The molecule has 2 aromatic rings. The van der Waals surface area contributed by atoms with Crippen molar-refractivity contribution in [3.63, 3.8) is 0 Å². The number of aryl methyl sites for hydroxylation is 2. The summed E-state index contributed by atoms with van der Waals surface area (Å²) < 4.78 is 17.9. The molecule has 1 aliphatic heterocycles. The summed E-state index contributed by atoms with van der Waals surface area (Å²) in [6.07, 6.45) is 2.89. The Bertz CT molecular complexity index is 753. The van der Waals surface area contributed by atoms with Crippen LogP contribution in [0.15, 0.2) is 12.1 Å². The van der Waals surface area contributed by atoms with Gasteiger partial charge >= 0.3 is 5.97 Å². The number of esters is 1. The van der Waals surface area contributed by atoms with E-state index >= 15 is 0 Å². The number of pyridine rings is 1. The lowest BCUT2D eigenvalue weighted by Gasteiger charge is -2.22. The maximum absolute atomic E-state index is 11.7. The summed E-state index contributed by atoms with van der Waals surface area (Å²) in [5, 5.41) is 8.27. The van der Waals surface area contributed by atoms with E-state index in [1.165, 1.54) is 7.11 Å². The van der Waals surface area contributed by atoms with Gasteiger partial charge in [-0.05, 0) is 38.3 Å². The number of hydrogen-bond donors (Lipinski definition) is 0. The monoisotopic (exact) mass is 346 g/mol. The second-order valence-corrected chi connectivity index (χ2v) is 5.94. The molecule has 1 fully saturated rings. The van der Waals surface area contributed by atoms with E-state index in [-0.39, 0.29) is 6.29 Å². The average Bonchev–Trinajstić information content (AvgIpc) is 3.00. The van der Waals surface area contributed by atoms with Crippen molar-refractivity contribution in [1.82, 2.24) is 20.0 Å². The molecule has 1 aliphatic rings. The van der Waals surface area contributed by atoms with Crippen molar-refractivity contribution in [3.05, 3.63) is 29.1 Å². The van der Waals surface area contributed by atoms with Crippen LogP contribution in [-0.2, 0) is 27.9 Å². The second kappa shape index (κ2) is 7.71. The zero-order valence-electron chi connectivity index (χ0n) is 14.7. The first-order chi connectivity index (χ1) is 12.1. The van der Waals surface area contributed by atoms with Crippen molar-refractivity contribution in [2.24, 2.45) is 7.05 Å². The van der Waals surface area contributed by atoms with Gasteiger partial charge in [0.1, 0.15) is 5.69 Å². The first-order valence-electron chi connectivity index (χ1n) is 8.28. The Morgan fingerprint density at radius 1 is 1.40 bits per heavy atom. The van der Waals surface area contributed by atoms with Gasteiger partial charge in [-0.2, -0.15) is 0 Å². The van der Waals surface area contributed by atoms with Crippen molar-refractivity contribution in [2.45, 2.75) is 39.1 Å². The number of carbonyl (C=O) groups excluding carboxylic acids is 1. The highest BCUT2D eigenvalue weighted by atomic mass is 16.7. The van der Waals surface area contributed by atoms with E-state index in [2.05, 4.69) is 15.3 Å². The minimum Gasteiger partial charge on any atom is -0.465 e. The minimum absolute atomic E-state index is 0.187. The molecule has 8 nitrogen and oxygen atoms in total. The Morgan fingerprint density at radius 2 is 2.24 bits per heavy atom. The molecule has 0 aromatic carbocycles. The molecule has 0 bridgehead atoms. The quantitative estimate of drug-likeness (QED) is 0.765. The summed E-state index contributed by atoms with van der Waals surface area (Å²) in [6, 6.07) is 3.43. The molecule has 3 heterocycles. The molecular weight excluding hydrogens is 324 g/mol. The molecular formula is C17H22N4O4. The Balaban J connectivity index is 1.80. The SMILES string of the molecule is COC(=O)c1ccc(-c2nnn(C)c2COC2CCCCO2)nc1C. The largest absolute Gasteiger partial charge is 0.465 e. The molecule has 1 atom stereocenters. The van der Waals surface area contributed by atoms with Gasteiger partial charge in [-0.15, -0.1) is 5.10 Å². The molecule has 0 aliphatic carbocycles. The van der Waals surface area contributed by atoms with Crippen molar-refractivity contribution in [2.75, 3.05) is 13.7 Å². The van der Waals surface area contributed by atoms with Crippen LogP contribution in [0.3, 0.4) is 0 Å². The van der Waals surface area contributed by atoms with E-state index in [0.29, 0.717) is 29.3 Å². The van der Waals surface area contributed by atoms with Crippen LogP contribution in [0.4, 0.5) is 0 Å². The van der Waals surface area contributed by atoms with Crippen LogP contribution in [0, 0.1) is 6.92 Å². The maximum Gasteiger partial charge on any atom is 0.339 e. The molecule has 0 amide bonds. The molecule has 0 N–H and O–H groups in total. The Kier molecular flexibility index (Phi) is 5.40. The van der Waals surface area contributed by atoms with Crippen LogP contribution in [0.2, 0.25) is 0 Å². The Labute approximate surface area is 146 Å². The molecule has 0 radical (unpaired) electrons.